The molecule has 24 heavy (non-hydrogen) atoms. The van der Waals surface area contributed by atoms with Crippen LogP contribution in [0.3, 0.4) is 0 Å². The average Bonchev–Trinajstić information content (AvgIpc) is 2.55. The van der Waals surface area contributed by atoms with Crippen molar-refractivity contribution in [3.05, 3.63) is 67.0 Å². The van der Waals surface area contributed by atoms with Gasteiger partial charge in [-0.3, -0.25) is 4.98 Å². The van der Waals surface area contributed by atoms with Gasteiger partial charge in [0.1, 0.15) is 0 Å². The summed E-state index contributed by atoms with van der Waals surface area (Å²) in [6, 6.07) is 9.05. The molecule has 0 aliphatic rings. The number of anilines is 1. The van der Waals surface area contributed by atoms with E-state index in [-0.39, 0.29) is 17.0 Å². The zero-order chi connectivity index (χ0) is 17.6. The summed E-state index contributed by atoms with van der Waals surface area (Å²) in [5.74, 6) is 0. The molecule has 7 heteroatoms. The molecule has 0 aliphatic heterocycles. The molecule has 126 valence electrons. The molecule has 0 spiro atoms. The highest BCUT2D eigenvalue weighted by molar-refractivity contribution is 7.90. The first-order valence-electron chi connectivity index (χ1n) is 7.28. The Morgan fingerprint density at radius 3 is 2.38 bits per heavy atom. The molecule has 1 atom stereocenters. The summed E-state index contributed by atoms with van der Waals surface area (Å²) in [5.41, 5.74) is 1.43. The Morgan fingerprint density at radius 1 is 1.21 bits per heavy atom. The Balaban J connectivity index is 2.04. The van der Waals surface area contributed by atoms with Gasteiger partial charge < -0.3 is 10.6 Å². The summed E-state index contributed by atoms with van der Waals surface area (Å²) in [6.07, 6.45) is 6.76. The van der Waals surface area contributed by atoms with Crippen molar-refractivity contribution in [2.24, 2.45) is 0 Å². The maximum Gasteiger partial charge on any atom is 0.319 e. The first-order chi connectivity index (χ1) is 11.4. The van der Waals surface area contributed by atoms with Gasteiger partial charge in [-0.1, -0.05) is 6.08 Å². The second-order valence-electron chi connectivity index (χ2n) is 5.25. The van der Waals surface area contributed by atoms with Crippen molar-refractivity contribution in [2.75, 3.05) is 11.6 Å². The van der Waals surface area contributed by atoms with Crippen molar-refractivity contribution in [3.63, 3.8) is 0 Å². The van der Waals surface area contributed by atoms with Crippen molar-refractivity contribution in [3.8, 4) is 0 Å². The van der Waals surface area contributed by atoms with Crippen molar-refractivity contribution in [1.29, 1.82) is 0 Å². The molecule has 0 radical (unpaired) electrons. The molecule has 6 nitrogen and oxygen atoms in total. The van der Waals surface area contributed by atoms with Gasteiger partial charge in [-0.15, -0.1) is 6.58 Å². The smallest absolute Gasteiger partial charge is 0.319 e. The number of nitrogens with one attached hydrogen (secondary N) is 2. The van der Waals surface area contributed by atoms with E-state index in [9.17, 15) is 13.2 Å². The van der Waals surface area contributed by atoms with Crippen molar-refractivity contribution in [1.82, 2.24) is 10.3 Å². The largest absolute Gasteiger partial charge is 0.331 e. The van der Waals surface area contributed by atoms with Gasteiger partial charge in [0.15, 0.2) is 9.84 Å². The summed E-state index contributed by atoms with van der Waals surface area (Å²) in [6.45, 7) is 3.71. The topological polar surface area (TPSA) is 88.2 Å². The summed E-state index contributed by atoms with van der Waals surface area (Å²) < 4.78 is 22.9. The van der Waals surface area contributed by atoms with Crippen molar-refractivity contribution < 1.29 is 13.2 Å². The highest BCUT2D eigenvalue weighted by Gasteiger charge is 2.13. The lowest BCUT2D eigenvalue weighted by Gasteiger charge is -2.18. The molecule has 1 aromatic heterocycles. The van der Waals surface area contributed by atoms with Crippen LogP contribution in [0.4, 0.5) is 10.5 Å². The molecule has 2 amide bonds. The van der Waals surface area contributed by atoms with Crippen LogP contribution in [-0.4, -0.2) is 25.7 Å². The number of pyridine rings is 1. The van der Waals surface area contributed by atoms with Gasteiger partial charge in [-0.2, -0.15) is 0 Å². The highest BCUT2D eigenvalue weighted by atomic mass is 32.2. The SMILES string of the molecule is C=CC[C@@H](NC(=O)Nc1ccc(S(C)(=O)=O)cc1)c1ccncc1. The van der Waals surface area contributed by atoms with Crippen LogP contribution in [0.2, 0.25) is 0 Å². The predicted octanol–water partition coefficient (Wildman–Crippen LogP) is 2.92. The van der Waals surface area contributed by atoms with Crippen LogP contribution in [0.15, 0.2) is 66.3 Å². The third kappa shape index (κ3) is 4.92. The first kappa shape index (κ1) is 17.7. The number of nitrogens with zero attached hydrogens (tertiary/aromatic N) is 1. The number of carbonyl (C=O) groups is 1. The molecule has 2 rings (SSSR count). The molecule has 2 aromatic rings. The Labute approximate surface area is 141 Å². The number of urea groups is 1. The maximum atomic E-state index is 12.2. The van der Waals surface area contributed by atoms with E-state index in [0.717, 1.165) is 11.8 Å². The van der Waals surface area contributed by atoms with E-state index in [4.69, 9.17) is 0 Å². The summed E-state index contributed by atoms with van der Waals surface area (Å²) >= 11 is 0. The Hall–Kier alpha value is -2.67. The molecule has 0 bridgehead atoms. The van der Waals surface area contributed by atoms with Crippen LogP contribution in [0, 0.1) is 0 Å². The Bertz CT molecular complexity index is 803. The lowest BCUT2D eigenvalue weighted by molar-refractivity contribution is 0.248. The van der Waals surface area contributed by atoms with Gasteiger partial charge in [0, 0.05) is 24.3 Å². The van der Waals surface area contributed by atoms with Gasteiger partial charge in [0.05, 0.1) is 10.9 Å². The normalized spacial score (nSPS) is 12.2. The van der Waals surface area contributed by atoms with Gasteiger partial charge in [0.25, 0.3) is 0 Å². The number of hydrogen-bond donors (Lipinski definition) is 2. The van der Waals surface area contributed by atoms with Crippen molar-refractivity contribution in [2.45, 2.75) is 17.4 Å². The van der Waals surface area contributed by atoms with E-state index < -0.39 is 9.84 Å². The lowest BCUT2D eigenvalue weighted by Crippen LogP contribution is -2.32. The molecule has 0 aliphatic carbocycles. The minimum Gasteiger partial charge on any atom is -0.331 e. The number of benzene rings is 1. The van der Waals surface area contributed by atoms with Crippen molar-refractivity contribution >= 4 is 21.6 Å². The van der Waals surface area contributed by atoms with E-state index in [1.807, 2.05) is 12.1 Å². The standard InChI is InChI=1S/C17H19N3O3S/c1-3-4-16(13-9-11-18-12-10-13)20-17(21)19-14-5-7-15(8-6-14)24(2,22)23/h3,5-12,16H,1,4H2,2H3,(H2,19,20,21)/t16-/m1/s1. The van der Waals surface area contributed by atoms with Gasteiger partial charge >= 0.3 is 6.03 Å². The third-order valence-corrected chi connectivity index (χ3v) is 4.48. The quantitative estimate of drug-likeness (QED) is 0.788. The van der Waals surface area contributed by atoms with Crippen LogP contribution in [-0.2, 0) is 9.84 Å². The number of sulfone groups is 1. The Kier molecular flexibility index (Phi) is 5.70. The van der Waals surface area contributed by atoms with Crippen LogP contribution in [0.1, 0.15) is 18.0 Å². The van der Waals surface area contributed by atoms with E-state index >= 15 is 0 Å². The minimum absolute atomic E-state index is 0.203. The van der Waals surface area contributed by atoms with E-state index in [0.29, 0.717) is 12.1 Å². The number of carbonyl (C=O) groups excluding carboxylic acids is 1. The molecule has 0 fully saturated rings. The zero-order valence-electron chi connectivity index (χ0n) is 13.3. The number of rotatable bonds is 6. The monoisotopic (exact) mass is 345 g/mol. The minimum atomic E-state index is -3.26. The fourth-order valence-electron chi connectivity index (χ4n) is 2.15. The molecule has 1 heterocycles. The second kappa shape index (κ2) is 7.74. The van der Waals surface area contributed by atoms with E-state index in [1.165, 1.54) is 12.1 Å². The van der Waals surface area contributed by atoms with Gasteiger partial charge in [0.2, 0.25) is 0 Å². The number of amides is 2. The highest BCUT2D eigenvalue weighted by Crippen LogP contribution is 2.17. The Morgan fingerprint density at radius 2 is 1.83 bits per heavy atom. The summed E-state index contributed by atoms with van der Waals surface area (Å²) in [5, 5.41) is 5.54. The molecule has 2 N–H and O–H groups in total. The maximum absolute atomic E-state index is 12.2. The van der Waals surface area contributed by atoms with Crippen LogP contribution in [0.25, 0.3) is 0 Å². The van der Waals surface area contributed by atoms with Crippen LogP contribution < -0.4 is 10.6 Å². The summed E-state index contributed by atoms with van der Waals surface area (Å²) in [7, 11) is -3.26. The molecule has 0 saturated heterocycles. The van der Waals surface area contributed by atoms with Crippen LogP contribution >= 0.6 is 0 Å². The molecule has 0 unspecified atom stereocenters. The second-order valence-corrected chi connectivity index (χ2v) is 7.27. The fourth-order valence-corrected chi connectivity index (χ4v) is 2.78. The average molecular weight is 345 g/mol. The number of aromatic nitrogens is 1. The molecular formula is C17H19N3O3S. The predicted molar refractivity (Wildman–Crippen MR) is 93.5 cm³/mol. The van der Waals surface area contributed by atoms with Gasteiger partial charge in [-0.05, 0) is 48.4 Å². The van der Waals surface area contributed by atoms with Gasteiger partial charge in [-0.25, -0.2) is 13.2 Å². The third-order valence-electron chi connectivity index (χ3n) is 3.36. The fraction of sp³-hybridized carbons (Fsp3) is 0.176. The van der Waals surface area contributed by atoms with Crippen LogP contribution in [0.5, 0.6) is 0 Å². The lowest BCUT2D eigenvalue weighted by atomic mass is 10.1. The zero-order valence-corrected chi connectivity index (χ0v) is 14.1. The first-order valence-corrected chi connectivity index (χ1v) is 9.18. The molecule has 0 saturated carbocycles. The molecular weight excluding hydrogens is 326 g/mol. The number of hydrogen-bond acceptors (Lipinski definition) is 4. The van der Waals surface area contributed by atoms with E-state index in [2.05, 4.69) is 22.2 Å². The summed E-state index contributed by atoms with van der Waals surface area (Å²) in [4.78, 5) is 16.3. The molecule has 1 aromatic carbocycles. The van der Waals surface area contributed by atoms with E-state index in [1.54, 1.807) is 30.6 Å².